The van der Waals surface area contributed by atoms with E-state index in [0.29, 0.717) is 11.1 Å². The molecule has 3 nitrogen and oxygen atoms in total. The highest BCUT2D eigenvalue weighted by Gasteiger charge is 2.55. The number of halogens is 3. The van der Waals surface area contributed by atoms with E-state index in [9.17, 15) is 23.1 Å². The summed E-state index contributed by atoms with van der Waals surface area (Å²) >= 11 is 0. The number of hydrogen-bond acceptors (Lipinski definition) is 2. The summed E-state index contributed by atoms with van der Waals surface area (Å²) in [5.41, 5.74) is -1.10. The lowest BCUT2D eigenvalue weighted by Crippen LogP contribution is -2.42. The second-order valence-electron chi connectivity index (χ2n) is 7.02. The van der Waals surface area contributed by atoms with E-state index in [-0.39, 0.29) is 17.4 Å². The van der Waals surface area contributed by atoms with E-state index in [2.05, 4.69) is 5.32 Å². The first-order chi connectivity index (χ1) is 12.3. The molecule has 1 saturated carbocycles. The lowest BCUT2D eigenvalue weighted by Gasteiger charge is -2.34. The number of anilines is 1. The van der Waals surface area contributed by atoms with Gasteiger partial charge in [-0.1, -0.05) is 37.1 Å². The van der Waals surface area contributed by atoms with Gasteiger partial charge in [0.25, 0.3) is 0 Å². The van der Waals surface area contributed by atoms with Gasteiger partial charge in [0, 0.05) is 0 Å². The Balaban J connectivity index is 1.99. The van der Waals surface area contributed by atoms with Crippen molar-refractivity contribution in [2.75, 3.05) is 5.32 Å². The van der Waals surface area contributed by atoms with E-state index in [1.807, 2.05) is 0 Å². The smallest absolute Gasteiger partial charge is 0.418 e. The van der Waals surface area contributed by atoms with Crippen LogP contribution in [0.3, 0.4) is 0 Å². The molecule has 1 fully saturated rings. The highest BCUT2D eigenvalue weighted by atomic mass is 19.4. The number of para-hydroxylation sites is 1. The monoisotopic (exact) mass is 361 g/mol. The Hall–Kier alpha value is -2.50. The fraction of sp³-hybridized carbons (Fsp3) is 0.350. The molecule has 1 aliphatic heterocycles. The molecular weight excluding hydrogens is 343 g/mol. The van der Waals surface area contributed by atoms with Crippen molar-refractivity contribution in [3.63, 3.8) is 0 Å². The van der Waals surface area contributed by atoms with Gasteiger partial charge in [-0.15, -0.1) is 0 Å². The molecule has 1 unspecified atom stereocenters. The summed E-state index contributed by atoms with van der Waals surface area (Å²) in [4.78, 5) is 13.2. The Morgan fingerprint density at radius 2 is 1.69 bits per heavy atom. The minimum atomic E-state index is -4.54. The molecule has 1 heterocycles. The van der Waals surface area contributed by atoms with Gasteiger partial charge >= 0.3 is 6.18 Å². The first-order valence-electron chi connectivity index (χ1n) is 8.67. The van der Waals surface area contributed by atoms with Gasteiger partial charge in [-0.05, 0) is 48.1 Å². The number of nitrogens with one attached hydrogen (secondary N) is 1. The second kappa shape index (κ2) is 5.76. The van der Waals surface area contributed by atoms with Crippen molar-refractivity contribution in [2.24, 2.45) is 5.92 Å². The SMILES string of the molecule is O=C1Nc2c(C(F)(F)F)cccc2C1(c1ccc(O)cc1)C1CCCC1. The van der Waals surface area contributed by atoms with Crippen LogP contribution >= 0.6 is 0 Å². The number of carbonyl (C=O) groups is 1. The van der Waals surface area contributed by atoms with E-state index in [1.165, 1.54) is 18.2 Å². The number of alkyl halides is 3. The number of phenols is 1. The quantitative estimate of drug-likeness (QED) is 0.804. The molecule has 6 heteroatoms. The zero-order valence-electron chi connectivity index (χ0n) is 13.9. The summed E-state index contributed by atoms with van der Waals surface area (Å²) in [6.45, 7) is 0. The number of aromatic hydroxyl groups is 1. The summed E-state index contributed by atoms with van der Waals surface area (Å²) in [7, 11) is 0. The highest BCUT2D eigenvalue weighted by Crippen LogP contribution is 2.55. The van der Waals surface area contributed by atoms with Crippen LogP contribution in [0.4, 0.5) is 18.9 Å². The van der Waals surface area contributed by atoms with Crippen molar-refractivity contribution in [2.45, 2.75) is 37.3 Å². The molecule has 0 spiro atoms. The van der Waals surface area contributed by atoms with Gasteiger partial charge in [-0.3, -0.25) is 4.79 Å². The number of phenolic OH excluding ortho intramolecular Hbond substituents is 1. The van der Waals surface area contributed by atoms with Crippen LogP contribution in [0.2, 0.25) is 0 Å². The molecule has 136 valence electrons. The van der Waals surface area contributed by atoms with Crippen molar-refractivity contribution in [1.82, 2.24) is 0 Å². The standard InChI is InChI=1S/C20H18F3NO2/c21-20(22,23)16-7-3-6-15-17(16)24-18(26)19(15,12-4-1-2-5-12)13-8-10-14(25)11-9-13/h3,6-12,25H,1-2,4-5H2,(H,24,26). The number of rotatable bonds is 2. The Bertz CT molecular complexity index is 854. The number of hydrogen-bond donors (Lipinski definition) is 2. The zero-order chi connectivity index (χ0) is 18.5. The van der Waals surface area contributed by atoms with Crippen LogP contribution in [0, 0.1) is 5.92 Å². The molecule has 2 aromatic carbocycles. The minimum absolute atomic E-state index is 0.0537. The minimum Gasteiger partial charge on any atom is -0.508 e. The molecule has 2 N–H and O–H groups in total. The van der Waals surface area contributed by atoms with E-state index in [4.69, 9.17) is 0 Å². The molecule has 2 aliphatic rings. The Morgan fingerprint density at radius 1 is 1.04 bits per heavy atom. The van der Waals surface area contributed by atoms with Gasteiger partial charge in [-0.25, -0.2) is 0 Å². The topological polar surface area (TPSA) is 49.3 Å². The maximum Gasteiger partial charge on any atom is 0.418 e. The fourth-order valence-electron chi connectivity index (χ4n) is 4.60. The molecule has 1 atom stereocenters. The first-order valence-corrected chi connectivity index (χ1v) is 8.67. The number of amides is 1. The Kier molecular flexibility index (Phi) is 3.75. The Morgan fingerprint density at radius 3 is 2.31 bits per heavy atom. The van der Waals surface area contributed by atoms with E-state index in [1.54, 1.807) is 18.2 Å². The van der Waals surface area contributed by atoms with E-state index < -0.39 is 23.1 Å². The molecule has 0 saturated heterocycles. The van der Waals surface area contributed by atoms with Crippen molar-refractivity contribution in [3.8, 4) is 5.75 Å². The summed E-state index contributed by atoms with van der Waals surface area (Å²) in [6, 6.07) is 10.2. The molecule has 1 amide bonds. The summed E-state index contributed by atoms with van der Waals surface area (Å²) in [6.07, 6.45) is -1.08. The lowest BCUT2D eigenvalue weighted by atomic mass is 9.65. The van der Waals surface area contributed by atoms with Gasteiger partial charge in [0.2, 0.25) is 5.91 Å². The van der Waals surface area contributed by atoms with Crippen molar-refractivity contribution in [1.29, 1.82) is 0 Å². The van der Waals surface area contributed by atoms with Crippen LogP contribution in [-0.2, 0) is 16.4 Å². The average molecular weight is 361 g/mol. The van der Waals surface area contributed by atoms with Crippen molar-refractivity contribution < 1.29 is 23.1 Å². The van der Waals surface area contributed by atoms with Crippen LogP contribution in [0.5, 0.6) is 5.75 Å². The molecule has 26 heavy (non-hydrogen) atoms. The van der Waals surface area contributed by atoms with Crippen LogP contribution in [-0.4, -0.2) is 11.0 Å². The molecular formula is C20H18F3NO2. The first kappa shape index (κ1) is 16.9. The van der Waals surface area contributed by atoms with Crippen molar-refractivity contribution in [3.05, 3.63) is 59.2 Å². The predicted molar refractivity (Wildman–Crippen MR) is 90.9 cm³/mol. The largest absolute Gasteiger partial charge is 0.508 e. The van der Waals surface area contributed by atoms with Crippen LogP contribution < -0.4 is 5.32 Å². The molecule has 4 rings (SSSR count). The van der Waals surface area contributed by atoms with Crippen LogP contribution in [0.25, 0.3) is 0 Å². The van der Waals surface area contributed by atoms with E-state index in [0.717, 1.165) is 31.7 Å². The van der Waals surface area contributed by atoms with E-state index >= 15 is 0 Å². The zero-order valence-corrected chi connectivity index (χ0v) is 13.9. The number of benzene rings is 2. The summed E-state index contributed by atoms with van der Waals surface area (Å²) in [5.74, 6) is -0.434. The van der Waals surface area contributed by atoms with Gasteiger partial charge in [0.1, 0.15) is 11.2 Å². The number of fused-ring (bicyclic) bond motifs is 1. The second-order valence-corrected chi connectivity index (χ2v) is 7.02. The van der Waals surface area contributed by atoms with Gasteiger partial charge in [0.05, 0.1) is 11.3 Å². The molecule has 0 radical (unpaired) electrons. The highest BCUT2D eigenvalue weighted by molar-refractivity contribution is 6.09. The fourth-order valence-corrected chi connectivity index (χ4v) is 4.60. The maximum atomic E-state index is 13.5. The third-order valence-corrected chi connectivity index (χ3v) is 5.68. The van der Waals surface area contributed by atoms with Gasteiger partial charge in [-0.2, -0.15) is 13.2 Å². The average Bonchev–Trinajstić information content (AvgIpc) is 3.20. The summed E-state index contributed by atoms with van der Waals surface area (Å²) in [5, 5.41) is 12.1. The van der Waals surface area contributed by atoms with Crippen molar-refractivity contribution >= 4 is 11.6 Å². The molecule has 0 bridgehead atoms. The molecule has 2 aromatic rings. The molecule has 1 aliphatic carbocycles. The van der Waals surface area contributed by atoms with Gasteiger partial charge in [0.15, 0.2) is 0 Å². The van der Waals surface area contributed by atoms with Crippen LogP contribution in [0.1, 0.15) is 42.4 Å². The maximum absolute atomic E-state index is 13.5. The number of carbonyl (C=O) groups excluding carboxylic acids is 1. The third-order valence-electron chi connectivity index (χ3n) is 5.68. The van der Waals surface area contributed by atoms with Gasteiger partial charge < -0.3 is 10.4 Å². The normalized spacial score (nSPS) is 23.1. The third kappa shape index (κ3) is 2.31. The summed E-state index contributed by atoms with van der Waals surface area (Å²) < 4.78 is 40.4. The van der Waals surface area contributed by atoms with Crippen LogP contribution in [0.15, 0.2) is 42.5 Å². The lowest BCUT2D eigenvalue weighted by molar-refractivity contribution is -0.136. The Labute approximate surface area is 148 Å². The molecule has 0 aromatic heterocycles. The predicted octanol–water partition coefficient (Wildman–Crippen LogP) is 4.84.